The van der Waals surface area contributed by atoms with Crippen molar-refractivity contribution in [1.29, 1.82) is 0 Å². The van der Waals surface area contributed by atoms with Gasteiger partial charge in [-0.3, -0.25) is 4.79 Å². The molecule has 3 N–H and O–H groups in total. The maximum atomic E-state index is 10.8. The third kappa shape index (κ3) is 4.75. The van der Waals surface area contributed by atoms with Gasteiger partial charge in [-0.1, -0.05) is 13.8 Å². The van der Waals surface area contributed by atoms with E-state index in [4.69, 9.17) is 15.6 Å². The first-order valence-electron chi connectivity index (χ1n) is 3.61. The Labute approximate surface area is 66.3 Å². The van der Waals surface area contributed by atoms with Gasteiger partial charge in [-0.25, -0.2) is 0 Å². The average molecular weight is 161 g/mol. The lowest BCUT2D eigenvalue weighted by molar-refractivity contribution is -0.147. The smallest absolute Gasteiger partial charge is 0.325 e. The molecule has 0 fully saturated rings. The summed E-state index contributed by atoms with van der Waals surface area (Å²) in [6.07, 6.45) is 0. The molecule has 0 aliphatic carbocycles. The van der Waals surface area contributed by atoms with E-state index in [1.807, 2.05) is 13.8 Å². The Kier molecular flexibility index (Phi) is 4.81. The van der Waals surface area contributed by atoms with Crippen molar-refractivity contribution in [3.05, 3.63) is 0 Å². The number of esters is 1. The molecule has 66 valence electrons. The first kappa shape index (κ1) is 10.4. The molecule has 0 aromatic heterocycles. The van der Waals surface area contributed by atoms with Crippen molar-refractivity contribution in [3.8, 4) is 0 Å². The van der Waals surface area contributed by atoms with Crippen LogP contribution < -0.4 is 5.73 Å². The third-order valence-electron chi connectivity index (χ3n) is 1.06. The second kappa shape index (κ2) is 5.09. The number of nitrogens with two attached hydrogens (primary N) is 1. The predicted molar refractivity (Wildman–Crippen MR) is 40.9 cm³/mol. The molecule has 0 amide bonds. The van der Waals surface area contributed by atoms with Gasteiger partial charge < -0.3 is 15.6 Å². The zero-order chi connectivity index (χ0) is 8.85. The summed E-state index contributed by atoms with van der Waals surface area (Å²) in [4.78, 5) is 10.8. The van der Waals surface area contributed by atoms with Gasteiger partial charge in [0.25, 0.3) is 0 Å². The summed E-state index contributed by atoms with van der Waals surface area (Å²) < 4.78 is 4.73. The fraction of sp³-hybridized carbons (Fsp3) is 0.857. The van der Waals surface area contributed by atoms with Crippen LogP contribution in [-0.4, -0.2) is 30.3 Å². The minimum atomic E-state index is -0.895. The van der Waals surface area contributed by atoms with Crippen LogP contribution in [0.2, 0.25) is 0 Å². The van der Waals surface area contributed by atoms with Gasteiger partial charge in [0.05, 0.1) is 13.2 Å². The van der Waals surface area contributed by atoms with Gasteiger partial charge in [0, 0.05) is 0 Å². The Bertz CT molecular complexity index is 125. The summed E-state index contributed by atoms with van der Waals surface area (Å²) in [6, 6.07) is -0.895. The zero-order valence-corrected chi connectivity index (χ0v) is 6.91. The molecule has 0 radical (unpaired) electrons. The van der Waals surface area contributed by atoms with E-state index < -0.39 is 12.0 Å². The summed E-state index contributed by atoms with van der Waals surface area (Å²) in [7, 11) is 0. The SMILES string of the molecule is CC(C)COC(=O)C(N)CO. The van der Waals surface area contributed by atoms with E-state index in [0.29, 0.717) is 12.5 Å². The Balaban J connectivity index is 3.52. The first-order valence-corrected chi connectivity index (χ1v) is 3.61. The van der Waals surface area contributed by atoms with E-state index in [2.05, 4.69) is 0 Å². The molecule has 0 aromatic carbocycles. The lowest BCUT2D eigenvalue weighted by atomic mass is 10.2. The van der Waals surface area contributed by atoms with E-state index in [0.717, 1.165) is 0 Å². The number of hydrogen-bond acceptors (Lipinski definition) is 4. The molecular weight excluding hydrogens is 146 g/mol. The molecule has 0 aliphatic rings. The van der Waals surface area contributed by atoms with E-state index >= 15 is 0 Å². The molecule has 0 rings (SSSR count). The van der Waals surface area contributed by atoms with Crippen LogP contribution in [-0.2, 0) is 9.53 Å². The van der Waals surface area contributed by atoms with Gasteiger partial charge in [0.2, 0.25) is 0 Å². The Morgan fingerprint density at radius 3 is 2.55 bits per heavy atom. The van der Waals surface area contributed by atoms with E-state index in [-0.39, 0.29) is 6.61 Å². The molecule has 0 bridgehead atoms. The topological polar surface area (TPSA) is 72.5 Å². The zero-order valence-electron chi connectivity index (χ0n) is 6.91. The average Bonchev–Trinajstić information content (AvgIpc) is 1.98. The number of ether oxygens (including phenoxy) is 1. The number of carbonyl (C=O) groups is 1. The normalized spacial score (nSPS) is 13.2. The first-order chi connectivity index (χ1) is 5.07. The standard InChI is InChI=1S/C7H15NO3/c1-5(2)4-11-7(10)6(8)3-9/h5-6,9H,3-4,8H2,1-2H3. The van der Waals surface area contributed by atoms with Gasteiger partial charge in [-0.15, -0.1) is 0 Å². The fourth-order valence-corrected chi connectivity index (χ4v) is 0.430. The van der Waals surface area contributed by atoms with Crippen molar-refractivity contribution in [2.24, 2.45) is 11.7 Å². The van der Waals surface area contributed by atoms with Crippen molar-refractivity contribution in [2.75, 3.05) is 13.2 Å². The molecule has 4 nitrogen and oxygen atoms in total. The summed E-state index contributed by atoms with van der Waals surface area (Å²) in [5.74, 6) is -0.244. The van der Waals surface area contributed by atoms with Crippen LogP contribution in [0.3, 0.4) is 0 Å². The number of aliphatic hydroxyl groups excluding tert-OH is 1. The molecule has 0 aliphatic heterocycles. The van der Waals surface area contributed by atoms with Crippen LogP contribution in [0.5, 0.6) is 0 Å². The predicted octanol–water partition coefficient (Wildman–Crippen LogP) is -0.495. The van der Waals surface area contributed by atoms with E-state index in [1.165, 1.54) is 0 Å². The van der Waals surface area contributed by atoms with Crippen LogP contribution in [0.25, 0.3) is 0 Å². The number of rotatable bonds is 4. The minimum Gasteiger partial charge on any atom is -0.464 e. The summed E-state index contributed by atoms with van der Waals surface area (Å²) in [6.45, 7) is 3.85. The molecule has 1 atom stereocenters. The van der Waals surface area contributed by atoms with Crippen molar-refractivity contribution in [3.63, 3.8) is 0 Å². The minimum absolute atomic E-state index is 0.296. The van der Waals surface area contributed by atoms with Gasteiger partial charge in [0.1, 0.15) is 6.04 Å². The maximum absolute atomic E-state index is 10.8. The Morgan fingerprint density at radius 1 is 1.64 bits per heavy atom. The summed E-state index contributed by atoms with van der Waals surface area (Å²) in [5, 5.41) is 8.44. The highest BCUT2D eigenvalue weighted by atomic mass is 16.5. The van der Waals surface area contributed by atoms with Gasteiger partial charge in [-0.2, -0.15) is 0 Å². The summed E-state index contributed by atoms with van der Waals surface area (Å²) in [5.41, 5.74) is 5.18. The van der Waals surface area contributed by atoms with Crippen molar-refractivity contribution in [2.45, 2.75) is 19.9 Å². The van der Waals surface area contributed by atoms with Crippen molar-refractivity contribution < 1.29 is 14.6 Å². The second-order valence-corrected chi connectivity index (χ2v) is 2.81. The molecule has 1 unspecified atom stereocenters. The highest BCUT2D eigenvalue weighted by Crippen LogP contribution is 1.93. The Morgan fingerprint density at radius 2 is 2.18 bits per heavy atom. The number of carbonyl (C=O) groups excluding carboxylic acids is 1. The lowest BCUT2D eigenvalue weighted by Gasteiger charge is -2.09. The molecule has 0 heterocycles. The number of aliphatic hydroxyl groups is 1. The highest BCUT2D eigenvalue weighted by molar-refractivity contribution is 5.75. The summed E-state index contributed by atoms with van der Waals surface area (Å²) >= 11 is 0. The molecule has 0 saturated heterocycles. The molecule has 0 spiro atoms. The van der Waals surface area contributed by atoms with Crippen LogP contribution in [0.4, 0.5) is 0 Å². The van der Waals surface area contributed by atoms with Gasteiger partial charge in [-0.05, 0) is 5.92 Å². The monoisotopic (exact) mass is 161 g/mol. The van der Waals surface area contributed by atoms with E-state index in [9.17, 15) is 4.79 Å². The third-order valence-corrected chi connectivity index (χ3v) is 1.06. The fourth-order valence-electron chi connectivity index (χ4n) is 0.430. The largest absolute Gasteiger partial charge is 0.464 e. The Hall–Kier alpha value is -0.610. The van der Waals surface area contributed by atoms with E-state index in [1.54, 1.807) is 0 Å². The van der Waals surface area contributed by atoms with Crippen molar-refractivity contribution in [1.82, 2.24) is 0 Å². The van der Waals surface area contributed by atoms with Crippen LogP contribution in [0.15, 0.2) is 0 Å². The van der Waals surface area contributed by atoms with Crippen molar-refractivity contribution >= 4 is 5.97 Å². The van der Waals surface area contributed by atoms with Gasteiger partial charge in [0.15, 0.2) is 0 Å². The number of hydrogen-bond donors (Lipinski definition) is 2. The van der Waals surface area contributed by atoms with Gasteiger partial charge >= 0.3 is 5.97 Å². The molecule has 4 heteroatoms. The second-order valence-electron chi connectivity index (χ2n) is 2.81. The quantitative estimate of drug-likeness (QED) is 0.545. The maximum Gasteiger partial charge on any atom is 0.325 e. The molecule has 0 aromatic rings. The van der Waals surface area contributed by atoms with Crippen LogP contribution in [0.1, 0.15) is 13.8 Å². The lowest BCUT2D eigenvalue weighted by Crippen LogP contribution is -2.36. The molecular formula is C7H15NO3. The van der Waals surface area contributed by atoms with Crippen LogP contribution in [0, 0.1) is 5.92 Å². The highest BCUT2D eigenvalue weighted by Gasteiger charge is 2.13. The van der Waals surface area contributed by atoms with Crippen LogP contribution >= 0.6 is 0 Å². The molecule has 11 heavy (non-hydrogen) atoms. The molecule has 0 saturated carbocycles.